The number of pyridine rings is 1. The first-order valence-corrected chi connectivity index (χ1v) is 5.16. The van der Waals surface area contributed by atoms with Gasteiger partial charge >= 0.3 is 0 Å². The molecule has 0 bridgehead atoms. The van der Waals surface area contributed by atoms with Crippen molar-refractivity contribution in [1.82, 2.24) is 15.1 Å². The summed E-state index contributed by atoms with van der Waals surface area (Å²) in [6.07, 6.45) is 3.28. The second kappa shape index (κ2) is 5.42. The van der Waals surface area contributed by atoms with Gasteiger partial charge in [-0.1, -0.05) is 6.07 Å². The summed E-state index contributed by atoms with van der Waals surface area (Å²) < 4.78 is 6.42. The van der Waals surface area contributed by atoms with E-state index in [9.17, 15) is 4.79 Å². The number of carbonyl (C=O) groups excluding carboxylic acids is 1. The van der Waals surface area contributed by atoms with E-state index in [1.165, 1.54) is 6.20 Å². The van der Waals surface area contributed by atoms with E-state index in [0.29, 0.717) is 18.8 Å². The molecule has 0 aliphatic heterocycles. The second-order valence-electron chi connectivity index (χ2n) is 3.36. The summed E-state index contributed by atoms with van der Waals surface area (Å²) in [6.45, 7) is 0.733. The number of rotatable bonds is 5. The van der Waals surface area contributed by atoms with Crippen molar-refractivity contribution in [3.05, 3.63) is 36.2 Å². The van der Waals surface area contributed by atoms with Crippen LogP contribution in [0, 0.1) is 0 Å². The van der Waals surface area contributed by atoms with Gasteiger partial charge in [0.1, 0.15) is 0 Å². The predicted molar refractivity (Wildman–Crippen MR) is 60.5 cm³/mol. The molecule has 1 amide bonds. The fourth-order valence-electron chi connectivity index (χ4n) is 1.41. The minimum absolute atomic E-state index is 0.307. The number of amides is 1. The molecule has 2 aromatic rings. The summed E-state index contributed by atoms with van der Waals surface area (Å²) in [6, 6.07) is 5.51. The van der Waals surface area contributed by atoms with Gasteiger partial charge in [-0.15, -0.1) is 0 Å². The van der Waals surface area contributed by atoms with Gasteiger partial charge in [0, 0.05) is 13.3 Å². The maximum absolute atomic E-state index is 11.8. The molecule has 0 spiro atoms. The number of methoxy groups -OCH3 is 1. The van der Waals surface area contributed by atoms with E-state index in [0.717, 1.165) is 5.52 Å². The van der Waals surface area contributed by atoms with Crippen LogP contribution >= 0.6 is 0 Å². The SMILES string of the molecule is COCCONC(=O)c1cnn2ccccc12. The van der Waals surface area contributed by atoms with Crippen LogP contribution in [0.1, 0.15) is 10.4 Å². The zero-order valence-electron chi connectivity index (χ0n) is 9.42. The monoisotopic (exact) mass is 235 g/mol. The zero-order chi connectivity index (χ0) is 12.1. The van der Waals surface area contributed by atoms with Crippen molar-refractivity contribution in [3.8, 4) is 0 Å². The number of hydrogen-bond donors (Lipinski definition) is 1. The van der Waals surface area contributed by atoms with Crippen molar-refractivity contribution in [2.45, 2.75) is 0 Å². The second-order valence-corrected chi connectivity index (χ2v) is 3.36. The Labute approximate surface area is 98.1 Å². The molecule has 0 atom stereocenters. The Balaban J connectivity index is 2.04. The van der Waals surface area contributed by atoms with Crippen molar-refractivity contribution >= 4 is 11.4 Å². The van der Waals surface area contributed by atoms with Gasteiger partial charge in [-0.3, -0.25) is 9.63 Å². The molecule has 0 aliphatic carbocycles. The Morgan fingerprint density at radius 2 is 2.35 bits per heavy atom. The van der Waals surface area contributed by atoms with Crippen LogP contribution in [0.25, 0.3) is 5.52 Å². The molecule has 0 aliphatic rings. The minimum Gasteiger partial charge on any atom is -0.382 e. The lowest BCUT2D eigenvalue weighted by Crippen LogP contribution is -2.25. The van der Waals surface area contributed by atoms with Crippen molar-refractivity contribution in [2.75, 3.05) is 20.3 Å². The topological polar surface area (TPSA) is 64.9 Å². The van der Waals surface area contributed by atoms with E-state index in [1.54, 1.807) is 17.8 Å². The molecule has 2 aromatic heterocycles. The maximum atomic E-state index is 11.8. The van der Waals surface area contributed by atoms with E-state index in [2.05, 4.69) is 10.6 Å². The number of fused-ring (bicyclic) bond motifs is 1. The van der Waals surface area contributed by atoms with Crippen LogP contribution in [-0.2, 0) is 9.57 Å². The normalized spacial score (nSPS) is 10.6. The average Bonchev–Trinajstić information content (AvgIpc) is 2.78. The Hall–Kier alpha value is -1.92. The minimum atomic E-state index is -0.317. The molecule has 6 nitrogen and oxygen atoms in total. The van der Waals surface area contributed by atoms with Crippen molar-refractivity contribution in [1.29, 1.82) is 0 Å². The highest BCUT2D eigenvalue weighted by atomic mass is 16.7. The lowest BCUT2D eigenvalue weighted by molar-refractivity contribution is 0.00899. The standard InChI is InChI=1S/C11H13N3O3/c1-16-6-7-17-13-11(15)9-8-12-14-5-3-2-4-10(9)14/h2-5,8H,6-7H2,1H3,(H,13,15). The molecule has 90 valence electrons. The van der Waals surface area contributed by atoms with Gasteiger partial charge in [-0.05, 0) is 12.1 Å². The Bertz CT molecular complexity index is 509. The highest BCUT2D eigenvalue weighted by molar-refractivity contribution is 5.99. The van der Waals surface area contributed by atoms with Crippen LogP contribution in [0.2, 0.25) is 0 Å². The number of nitrogens with zero attached hydrogens (tertiary/aromatic N) is 2. The van der Waals surface area contributed by atoms with Gasteiger partial charge in [0.2, 0.25) is 0 Å². The zero-order valence-corrected chi connectivity index (χ0v) is 9.42. The van der Waals surface area contributed by atoms with E-state index >= 15 is 0 Å². The van der Waals surface area contributed by atoms with Crippen molar-refractivity contribution in [2.24, 2.45) is 0 Å². The third kappa shape index (κ3) is 2.61. The third-order valence-corrected chi connectivity index (χ3v) is 2.23. The van der Waals surface area contributed by atoms with Gasteiger partial charge in [-0.25, -0.2) is 10.00 Å². The molecule has 0 aromatic carbocycles. The molecule has 0 unspecified atom stereocenters. The fraction of sp³-hybridized carbons (Fsp3) is 0.273. The summed E-state index contributed by atoms with van der Waals surface area (Å²) in [5.41, 5.74) is 3.55. The summed E-state index contributed by atoms with van der Waals surface area (Å²) in [5.74, 6) is -0.317. The van der Waals surface area contributed by atoms with Crippen LogP contribution in [0.4, 0.5) is 0 Å². The number of hydrogen-bond acceptors (Lipinski definition) is 4. The number of ether oxygens (including phenoxy) is 1. The summed E-state index contributed by atoms with van der Waals surface area (Å²) in [7, 11) is 1.57. The van der Waals surface area contributed by atoms with Gasteiger partial charge in [0.25, 0.3) is 5.91 Å². The molecule has 6 heteroatoms. The molecule has 1 N–H and O–H groups in total. The van der Waals surface area contributed by atoms with Crippen LogP contribution in [0.15, 0.2) is 30.6 Å². The van der Waals surface area contributed by atoms with Gasteiger partial charge in [0.05, 0.1) is 30.5 Å². The first-order valence-electron chi connectivity index (χ1n) is 5.16. The number of carbonyl (C=O) groups is 1. The van der Waals surface area contributed by atoms with Crippen LogP contribution in [0.3, 0.4) is 0 Å². The smallest absolute Gasteiger partial charge is 0.278 e. The molecular weight excluding hydrogens is 222 g/mol. The molecular formula is C11H13N3O3. The summed E-state index contributed by atoms with van der Waals surface area (Å²) in [5, 5.41) is 4.06. The fourth-order valence-corrected chi connectivity index (χ4v) is 1.41. The highest BCUT2D eigenvalue weighted by Crippen LogP contribution is 2.09. The quantitative estimate of drug-likeness (QED) is 0.610. The van der Waals surface area contributed by atoms with Crippen LogP contribution in [-0.4, -0.2) is 35.8 Å². The van der Waals surface area contributed by atoms with Crippen LogP contribution < -0.4 is 5.48 Å². The van der Waals surface area contributed by atoms with Crippen molar-refractivity contribution < 1.29 is 14.4 Å². The lowest BCUT2D eigenvalue weighted by atomic mass is 10.2. The van der Waals surface area contributed by atoms with Crippen molar-refractivity contribution in [3.63, 3.8) is 0 Å². The Morgan fingerprint density at radius 1 is 1.47 bits per heavy atom. The van der Waals surface area contributed by atoms with E-state index in [1.807, 2.05) is 18.2 Å². The van der Waals surface area contributed by atoms with E-state index < -0.39 is 0 Å². The first kappa shape index (κ1) is 11.6. The highest BCUT2D eigenvalue weighted by Gasteiger charge is 2.11. The molecule has 17 heavy (non-hydrogen) atoms. The van der Waals surface area contributed by atoms with Gasteiger partial charge < -0.3 is 4.74 Å². The summed E-state index contributed by atoms with van der Waals surface area (Å²) in [4.78, 5) is 16.7. The number of aromatic nitrogens is 2. The Morgan fingerprint density at radius 3 is 3.18 bits per heavy atom. The summed E-state index contributed by atoms with van der Waals surface area (Å²) >= 11 is 0. The molecule has 0 saturated heterocycles. The van der Waals surface area contributed by atoms with Crippen LogP contribution in [0.5, 0.6) is 0 Å². The molecule has 0 radical (unpaired) electrons. The first-order chi connectivity index (χ1) is 8.33. The molecule has 2 heterocycles. The van der Waals surface area contributed by atoms with Gasteiger partial charge in [0.15, 0.2) is 0 Å². The average molecular weight is 235 g/mol. The molecule has 0 saturated carbocycles. The van der Waals surface area contributed by atoms with E-state index in [4.69, 9.17) is 9.57 Å². The number of hydroxylamine groups is 1. The number of nitrogens with one attached hydrogen (secondary N) is 1. The molecule has 0 fully saturated rings. The lowest BCUT2D eigenvalue weighted by Gasteiger charge is -2.03. The Kier molecular flexibility index (Phi) is 3.69. The van der Waals surface area contributed by atoms with Gasteiger partial charge in [-0.2, -0.15) is 5.10 Å². The van der Waals surface area contributed by atoms with E-state index in [-0.39, 0.29) is 5.91 Å². The maximum Gasteiger partial charge on any atom is 0.278 e. The predicted octanol–water partition coefficient (Wildman–Crippen LogP) is 0.642. The molecule has 2 rings (SSSR count). The largest absolute Gasteiger partial charge is 0.382 e. The third-order valence-electron chi connectivity index (χ3n) is 2.23.